The van der Waals surface area contributed by atoms with Crippen molar-refractivity contribution in [3.8, 4) is 0 Å². The number of likely N-dealkylation sites (tertiary alicyclic amines) is 1. The summed E-state index contributed by atoms with van der Waals surface area (Å²) in [5.41, 5.74) is 5.92. The van der Waals surface area contributed by atoms with Gasteiger partial charge in [-0.2, -0.15) is 0 Å². The van der Waals surface area contributed by atoms with Crippen LogP contribution in [0.3, 0.4) is 0 Å². The van der Waals surface area contributed by atoms with E-state index in [1.165, 1.54) is 0 Å². The summed E-state index contributed by atoms with van der Waals surface area (Å²) in [5.74, 6) is 0.259. The molecule has 4 nitrogen and oxygen atoms in total. The van der Waals surface area contributed by atoms with Crippen LogP contribution in [0.2, 0.25) is 0 Å². The quantitative estimate of drug-likeness (QED) is 0.756. The Labute approximate surface area is 105 Å². The van der Waals surface area contributed by atoms with Crippen LogP contribution in [0.1, 0.15) is 39.5 Å². The zero-order chi connectivity index (χ0) is 12.7. The first-order valence-electron chi connectivity index (χ1n) is 6.93. The zero-order valence-corrected chi connectivity index (χ0v) is 11.3. The third-order valence-corrected chi connectivity index (χ3v) is 3.42. The Morgan fingerprint density at radius 3 is 2.82 bits per heavy atom. The minimum Gasteiger partial charge on any atom is -0.342 e. The van der Waals surface area contributed by atoms with Crippen molar-refractivity contribution >= 4 is 5.91 Å². The Bertz CT molecular complexity index is 233. The fourth-order valence-corrected chi connectivity index (χ4v) is 2.33. The van der Waals surface area contributed by atoms with Gasteiger partial charge in [0.05, 0.1) is 6.54 Å². The van der Waals surface area contributed by atoms with Crippen LogP contribution in [0.15, 0.2) is 0 Å². The van der Waals surface area contributed by atoms with Gasteiger partial charge in [0, 0.05) is 25.7 Å². The molecule has 0 aromatic heterocycles. The van der Waals surface area contributed by atoms with E-state index in [-0.39, 0.29) is 11.9 Å². The minimum absolute atomic E-state index is 0.252. The third kappa shape index (κ3) is 5.04. The number of amides is 1. The van der Waals surface area contributed by atoms with Gasteiger partial charge in [0.15, 0.2) is 0 Å². The van der Waals surface area contributed by atoms with Gasteiger partial charge in [-0.15, -0.1) is 0 Å². The van der Waals surface area contributed by atoms with Crippen molar-refractivity contribution in [3.05, 3.63) is 0 Å². The van der Waals surface area contributed by atoms with Crippen molar-refractivity contribution in [3.63, 3.8) is 0 Å². The number of unbranched alkanes of at least 4 members (excludes halogenated alkanes) is 1. The van der Waals surface area contributed by atoms with Crippen LogP contribution >= 0.6 is 0 Å². The first kappa shape index (κ1) is 14.5. The smallest absolute Gasteiger partial charge is 0.236 e. The number of hydrogen-bond acceptors (Lipinski definition) is 3. The molecule has 1 rings (SSSR count). The minimum atomic E-state index is 0.252. The van der Waals surface area contributed by atoms with Crippen LogP contribution in [-0.2, 0) is 4.79 Å². The molecular weight excluding hydrogens is 214 g/mol. The van der Waals surface area contributed by atoms with Crippen LogP contribution < -0.4 is 5.73 Å². The van der Waals surface area contributed by atoms with Gasteiger partial charge in [-0.1, -0.05) is 13.3 Å². The lowest BCUT2D eigenvalue weighted by molar-refractivity contribution is -0.132. The van der Waals surface area contributed by atoms with Gasteiger partial charge >= 0.3 is 0 Å². The van der Waals surface area contributed by atoms with E-state index in [9.17, 15) is 4.79 Å². The normalized spacial score (nSPS) is 21.5. The molecule has 1 aliphatic heterocycles. The van der Waals surface area contributed by atoms with Gasteiger partial charge < -0.3 is 10.6 Å². The van der Waals surface area contributed by atoms with E-state index < -0.39 is 0 Å². The Hall–Kier alpha value is -0.610. The van der Waals surface area contributed by atoms with Crippen LogP contribution in [0.5, 0.6) is 0 Å². The summed E-state index contributed by atoms with van der Waals surface area (Å²) >= 11 is 0. The standard InChI is InChI=1S/C13H27N3O/c1-3-5-9-16(4-2)13(17)11-15-8-6-7-12(14)10-15/h12H,3-11,14H2,1-2H3/t12-/m1/s1. The first-order valence-corrected chi connectivity index (χ1v) is 6.93. The Balaban J connectivity index is 2.35. The number of nitrogens with zero attached hydrogens (tertiary/aromatic N) is 2. The van der Waals surface area contributed by atoms with Crippen LogP contribution in [0.25, 0.3) is 0 Å². The molecule has 2 N–H and O–H groups in total. The van der Waals surface area contributed by atoms with Crippen molar-refractivity contribution in [2.75, 3.05) is 32.7 Å². The number of carbonyl (C=O) groups is 1. The van der Waals surface area contributed by atoms with Crippen molar-refractivity contribution in [1.82, 2.24) is 9.80 Å². The number of rotatable bonds is 6. The SMILES string of the molecule is CCCCN(CC)C(=O)CN1CCC[C@@H](N)C1. The van der Waals surface area contributed by atoms with Gasteiger partial charge in [-0.05, 0) is 32.7 Å². The number of hydrogen-bond donors (Lipinski definition) is 1. The van der Waals surface area contributed by atoms with E-state index in [0.29, 0.717) is 6.54 Å². The predicted molar refractivity (Wildman–Crippen MR) is 70.8 cm³/mol. The highest BCUT2D eigenvalue weighted by Crippen LogP contribution is 2.08. The summed E-state index contributed by atoms with van der Waals surface area (Å²) in [7, 11) is 0. The maximum Gasteiger partial charge on any atom is 0.236 e. The summed E-state index contributed by atoms with van der Waals surface area (Å²) in [5, 5.41) is 0. The summed E-state index contributed by atoms with van der Waals surface area (Å²) in [6, 6.07) is 0.252. The number of nitrogens with two attached hydrogens (primary N) is 1. The summed E-state index contributed by atoms with van der Waals surface area (Å²) < 4.78 is 0. The largest absolute Gasteiger partial charge is 0.342 e. The average molecular weight is 241 g/mol. The second-order valence-corrected chi connectivity index (χ2v) is 4.96. The first-order chi connectivity index (χ1) is 8.17. The lowest BCUT2D eigenvalue weighted by atomic mass is 10.1. The topological polar surface area (TPSA) is 49.6 Å². The summed E-state index contributed by atoms with van der Waals surface area (Å²) in [4.78, 5) is 16.3. The van der Waals surface area contributed by atoms with E-state index in [1.807, 2.05) is 4.90 Å². The van der Waals surface area contributed by atoms with E-state index in [2.05, 4.69) is 18.7 Å². The van der Waals surface area contributed by atoms with Gasteiger partial charge in [0.2, 0.25) is 5.91 Å². The Kier molecular flexibility index (Phi) is 6.52. The van der Waals surface area contributed by atoms with Gasteiger partial charge in [-0.25, -0.2) is 0 Å². The fraction of sp³-hybridized carbons (Fsp3) is 0.923. The van der Waals surface area contributed by atoms with E-state index in [0.717, 1.165) is 51.9 Å². The molecule has 4 heteroatoms. The summed E-state index contributed by atoms with van der Waals surface area (Å²) in [6.45, 7) is 8.36. The second kappa shape index (κ2) is 7.67. The molecule has 0 aromatic carbocycles. The molecule has 0 saturated carbocycles. The number of likely N-dealkylation sites (N-methyl/N-ethyl adjacent to an activating group) is 1. The zero-order valence-electron chi connectivity index (χ0n) is 11.3. The van der Waals surface area contributed by atoms with Gasteiger partial charge in [-0.3, -0.25) is 9.69 Å². The molecule has 0 bridgehead atoms. The molecule has 1 fully saturated rings. The molecule has 1 aliphatic rings. The number of piperidine rings is 1. The van der Waals surface area contributed by atoms with Crippen molar-refractivity contribution < 1.29 is 4.79 Å². The maximum atomic E-state index is 12.1. The summed E-state index contributed by atoms with van der Waals surface area (Å²) in [6.07, 6.45) is 4.45. The Morgan fingerprint density at radius 2 is 2.24 bits per heavy atom. The third-order valence-electron chi connectivity index (χ3n) is 3.42. The maximum absolute atomic E-state index is 12.1. The molecule has 1 amide bonds. The van der Waals surface area contributed by atoms with Crippen LogP contribution in [-0.4, -0.2) is 54.5 Å². The predicted octanol–water partition coefficient (Wildman–Crippen LogP) is 1.06. The van der Waals surface area contributed by atoms with Crippen molar-refractivity contribution in [2.24, 2.45) is 5.73 Å². The van der Waals surface area contributed by atoms with Crippen LogP contribution in [0, 0.1) is 0 Å². The molecule has 0 aliphatic carbocycles. The fourth-order valence-electron chi connectivity index (χ4n) is 2.33. The highest BCUT2D eigenvalue weighted by Gasteiger charge is 2.20. The number of carbonyl (C=O) groups excluding carboxylic acids is 1. The molecule has 0 aromatic rings. The molecular formula is C13H27N3O. The molecule has 17 heavy (non-hydrogen) atoms. The highest BCUT2D eigenvalue weighted by molar-refractivity contribution is 5.78. The van der Waals surface area contributed by atoms with Gasteiger partial charge in [0.1, 0.15) is 0 Å². The molecule has 100 valence electrons. The molecule has 0 radical (unpaired) electrons. The second-order valence-electron chi connectivity index (χ2n) is 4.96. The van der Waals surface area contributed by atoms with Gasteiger partial charge in [0.25, 0.3) is 0 Å². The molecule has 1 atom stereocenters. The monoisotopic (exact) mass is 241 g/mol. The van der Waals surface area contributed by atoms with Crippen molar-refractivity contribution in [2.45, 2.75) is 45.6 Å². The highest BCUT2D eigenvalue weighted by atomic mass is 16.2. The lowest BCUT2D eigenvalue weighted by Crippen LogP contribution is -2.48. The van der Waals surface area contributed by atoms with Crippen LogP contribution in [0.4, 0.5) is 0 Å². The van der Waals surface area contributed by atoms with Crippen molar-refractivity contribution in [1.29, 1.82) is 0 Å². The average Bonchev–Trinajstić information content (AvgIpc) is 2.30. The Morgan fingerprint density at radius 1 is 1.47 bits per heavy atom. The lowest BCUT2D eigenvalue weighted by Gasteiger charge is -2.32. The van der Waals surface area contributed by atoms with E-state index >= 15 is 0 Å². The van der Waals surface area contributed by atoms with E-state index in [1.54, 1.807) is 0 Å². The van der Waals surface area contributed by atoms with E-state index in [4.69, 9.17) is 5.73 Å². The molecule has 1 saturated heterocycles. The molecule has 0 spiro atoms. The molecule has 1 heterocycles. The molecule has 0 unspecified atom stereocenters.